The maximum absolute atomic E-state index is 10.5. The lowest BCUT2D eigenvalue weighted by Gasteiger charge is -2.14. The van der Waals surface area contributed by atoms with E-state index in [1.807, 2.05) is 6.92 Å². The van der Waals surface area contributed by atoms with Crippen LogP contribution in [-0.2, 0) is 4.74 Å². The molecule has 0 aliphatic rings. The van der Waals surface area contributed by atoms with Crippen LogP contribution in [0.15, 0.2) is 0 Å². The van der Waals surface area contributed by atoms with Crippen LogP contribution in [0.1, 0.15) is 6.92 Å². The molecule has 0 unspecified atom stereocenters. The van der Waals surface area contributed by atoms with Crippen LogP contribution >= 0.6 is 0 Å². The molecule has 4 heteroatoms. The van der Waals surface area contributed by atoms with Crippen LogP contribution < -0.4 is 5.43 Å². The molecule has 1 N–H and O–H groups in total. The van der Waals surface area contributed by atoms with E-state index in [0.29, 0.717) is 6.54 Å². The van der Waals surface area contributed by atoms with Gasteiger partial charge in [0.15, 0.2) is 0 Å². The summed E-state index contributed by atoms with van der Waals surface area (Å²) in [5.41, 5.74) is 2.75. The van der Waals surface area contributed by atoms with E-state index >= 15 is 0 Å². The monoisotopic (exact) mass is 132 g/mol. The van der Waals surface area contributed by atoms with E-state index in [1.54, 1.807) is 7.05 Å². The number of hydrogen-bond acceptors (Lipinski definition) is 3. The highest BCUT2D eigenvalue weighted by atomic mass is 16.5. The van der Waals surface area contributed by atoms with Gasteiger partial charge in [-0.15, -0.1) is 0 Å². The van der Waals surface area contributed by atoms with Crippen LogP contribution in [0.3, 0.4) is 0 Å². The van der Waals surface area contributed by atoms with Gasteiger partial charge in [-0.3, -0.25) is 0 Å². The van der Waals surface area contributed by atoms with Crippen molar-refractivity contribution in [2.24, 2.45) is 0 Å². The summed E-state index contributed by atoms with van der Waals surface area (Å²) in [6.07, 6.45) is -0.378. The first-order valence-electron chi connectivity index (χ1n) is 2.77. The van der Waals surface area contributed by atoms with E-state index in [2.05, 4.69) is 10.2 Å². The summed E-state index contributed by atoms with van der Waals surface area (Å²) < 4.78 is 4.39. The molecule has 54 valence electrons. The molecule has 0 saturated heterocycles. The number of hydrogen-bond donors (Lipinski definition) is 1. The zero-order valence-corrected chi connectivity index (χ0v) is 5.97. The van der Waals surface area contributed by atoms with Gasteiger partial charge in [0, 0.05) is 13.6 Å². The summed E-state index contributed by atoms with van der Waals surface area (Å²) in [5, 5.41) is 1.29. The van der Waals surface area contributed by atoms with Crippen LogP contribution in [0.4, 0.5) is 4.79 Å². The van der Waals surface area contributed by atoms with Crippen molar-refractivity contribution >= 4 is 6.09 Å². The lowest BCUT2D eigenvalue weighted by atomic mass is 10.8. The first-order chi connectivity index (χ1) is 4.22. The van der Waals surface area contributed by atoms with Gasteiger partial charge in [0.05, 0.1) is 7.11 Å². The maximum atomic E-state index is 10.5. The molecule has 0 radical (unpaired) electrons. The Morgan fingerprint density at radius 1 is 1.78 bits per heavy atom. The Hall–Kier alpha value is -0.770. The first kappa shape index (κ1) is 8.23. The SMILES string of the molecule is CCNN(C)C(=O)OC. The number of methoxy groups -OCH3 is 1. The number of amides is 1. The van der Waals surface area contributed by atoms with Gasteiger partial charge in [-0.2, -0.15) is 0 Å². The molecule has 0 saturated carbocycles. The summed E-state index contributed by atoms with van der Waals surface area (Å²) >= 11 is 0. The fourth-order valence-electron chi connectivity index (χ4n) is 0.439. The Kier molecular flexibility index (Phi) is 3.79. The second-order valence-corrected chi connectivity index (χ2v) is 1.54. The van der Waals surface area contributed by atoms with Crippen LogP contribution in [0.2, 0.25) is 0 Å². The van der Waals surface area contributed by atoms with Gasteiger partial charge in [-0.05, 0) is 0 Å². The molecule has 0 aromatic heterocycles. The zero-order valence-electron chi connectivity index (χ0n) is 5.97. The first-order valence-corrected chi connectivity index (χ1v) is 2.77. The Balaban J connectivity index is 3.45. The number of carbonyl (C=O) groups excluding carboxylic acids is 1. The van der Waals surface area contributed by atoms with Crippen LogP contribution in [0.5, 0.6) is 0 Å². The van der Waals surface area contributed by atoms with Crippen LogP contribution in [0, 0.1) is 0 Å². The van der Waals surface area contributed by atoms with Gasteiger partial charge >= 0.3 is 6.09 Å². The van der Waals surface area contributed by atoms with Crippen LogP contribution in [0.25, 0.3) is 0 Å². The van der Waals surface area contributed by atoms with Gasteiger partial charge in [-0.25, -0.2) is 15.2 Å². The van der Waals surface area contributed by atoms with Crippen molar-refractivity contribution in [2.75, 3.05) is 20.7 Å². The topological polar surface area (TPSA) is 41.6 Å². The predicted molar refractivity (Wildman–Crippen MR) is 33.8 cm³/mol. The minimum Gasteiger partial charge on any atom is -0.452 e. The van der Waals surface area contributed by atoms with Crippen molar-refractivity contribution in [1.29, 1.82) is 0 Å². The number of nitrogens with one attached hydrogen (secondary N) is 1. The molecule has 0 aliphatic heterocycles. The number of hydrazine groups is 1. The van der Waals surface area contributed by atoms with Crippen molar-refractivity contribution in [2.45, 2.75) is 6.92 Å². The molecule has 0 rings (SSSR count). The van der Waals surface area contributed by atoms with Gasteiger partial charge < -0.3 is 4.74 Å². The minimum absolute atomic E-state index is 0.378. The number of rotatable bonds is 2. The maximum Gasteiger partial charge on any atom is 0.423 e. The smallest absolute Gasteiger partial charge is 0.423 e. The zero-order chi connectivity index (χ0) is 7.28. The Labute approximate surface area is 54.8 Å². The minimum atomic E-state index is -0.378. The molecule has 0 spiro atoms. The lowest BCUT2D eigenvalue weighted by Crippen LogP contribution is -2.39. The molecule has 9 heavy (non-hydrogen) atoms. The van der Waals surface area contributed by atoms with Crippen molar-refractivity contribution in [1.82, 2.24) is 10.4 Å². The molecular formula is C5H12N2O2. The molecule has 1 amide bonds. The van der Waals surface area contributed by atoms with E-state index in [9.17, 15) is 4.79 Å². The van der Waals surface area contributed by atoms with Crippen molar-refractivity contribution < 1.29 is 9.53 Å². The number of ether oxygens (including phenoxy) is 1. The summed E-state index contributed by atoms with van der Waals surface area (Å²) in [4.78, 5) is 10.5. The second-order valence-electron chi connectivity index (χ2n) is 1.54. The highest BCUT2D eigenvalue weighted by Crippen LogP contribution is 1.80. The fourth-order valence-corrected chi connectivity index (χ4v) is 0.439. The molecule has 0 aromatic carbocycles. The summed E-state index contributed by atoms with van der Waals surface area (Å²) in [6, 6.07) is 0. The molecular weight excluding hydrogens is 120 g/mol. The molecule has 4 nitrogen and oxygen atoms in total. The van der Waals surface area contributed by atoms with Crippen molar-refractivity contribution in [3.63, 3.8) is 0 Å². The van der Waals surface area contributed by atoms with E-state index in [-0.39, 0.29) is 6.09 Å². The predicted octanol–water partition coefficient (Wildman–Crippen LogP) is 0.209. The Bertz CT molecular complexity index is 95.0. The third-order valence-corrected chi connectivity index (χ3v) is 0.844. The molecule has 0 bridgehead atoms. The number of nitrogens with zero attached hydrogens (tertiary/aromatic N) is 1. The molecule has 0 fully saturated rings. The third kappa shape index (κ3) is 2.92. The van der Waals surface area contributed by atoms with Crippen molar-refractivity contribution in [3.8, 4) is 0 Å². The largest absolute Gasteiger partial charge is 0.452 e. The van der Waals surface area contributed by atoms with Gasteiger partial charge in [0.2, 0.25) is 0 Å². The van der Waals surface area contributed by atoms with Crippen molar-refractivity contribution in [3.05, 3.63) is 0 Å². The number of carbonyl (C=O) groups is 1. The van der Waals surface area contributed by atoms with Crippen LogP contribution in [-0.4, -0.2) is 31.8 Å². The van der Waals surface area contributed by atoms with E-state index in [0.717, 1.165) is 0 Å². The average Bonchev–Trinajstić information content (AvgIpc) is 1.87. The molecule has 0 aromatic rings. The van der Waals surface area contributed by atoms with Gasteiger partial charge in [0.1, 0.15) is 0 Å². The fraction of sp³-hybridized carbons (Fsp3) is 0.800. The summed E-state index contributed by atoms with van der Waals surface area (Å²) in [5.74, 6) is 0. The van der Waals surface area contributed by atoms with E-state index in [1.165, 1.54) is 12.1 Å². The highest BCUT2D eigenvalue weighted by molar-refractivity contribution is 5.66. The highest BCUT2D eigenvalue weighted by Gasteiger charge is 2.03. The third-order valence-electron chi connectivity index (χ3n) is 0.844. The van der Waals surface area contributed by atoms with Gasteiger partial charge in [-0.1, -0.05) is 6.92 Å². The Morgan fingerprint density at radius 2 is 2.33 bits per heavy atom. The molecule has 0 heterocycles. The average molecular weight is 132 g/mol. The van der Waals surface area contributed by atoms with E-state index in [4.69, 9.17) is 0 Å². The second kappa shape index (κ2) is 4.14. The Morgan fingerprint density at radius 3 is 2.67 bits per heavy atom. The summed E-state index contributed by atoms with van der Waals surface area (Å²) in [7, 11) is 2.95. The molecule has 0 atom stereocenters. The summed E-state index contributed by atoms with van der Waals surface area (Å²) in [6.45, 7) is 2.62. The normalized spacial score (nSPS) is 8.78. The molecule has 0 aliphatic carbocycles. The van der Waals surface area contributed by atoms with E-state index < -0.39 is 0 Å². The standard InChI is InChI=1S/C5H12N2O2/c1-4-6-7(2)5(8)9-3/h6H,4H2,1-3H3. The van der Waals surface area contributed by atoms with Gasteiger partial charge in [0.25, 0.3) is 0 Å². The quantitative estimate of drug-likeness (QED) is 0.546. The lowest BCUT2D eigenvalue weighted by molar-refractivity contribution is 0.115.